The molecule has 0 aliphatic carbocycles. The molecule has 0 saturated carbocycles. The molecule has 0 spiro atoms. The van der Waals surface area contributed by atoms with Gasteiger partial charge in [0, 0.05) is 5.69 Å². The van der Waals surface area contributed by atoms with Gasteiger partial charge in [-0.25, -0.2) is 4.39 Å². The third kappa shape index (κ3) is 3.68. The normalized spacial score (nSPS) is 16.4. The second kappa shape index (κ2) is 7.77. The van der Waals surface area contributed by atoms with Crippen LogP contribution in [0.25, 0.3) is 0 Å². The van der Waals surface area contributed by atoms with E-state index in [2.05, 4.69) is 5.32 Å². The number of hydrogen-bond acceptors (Lipinski definition) is 4. The van der Waals surface area contributed by atoms with Gasteiger partial charge in [-0.3, -0.25) is 14.5 Å². The Morgan fingerprint density at radius 2 is 2.04 bits per heavy atom. The van der Waals surface area contributed by atoms with Gasteiger partial charge in [0.2, 0.25) is 5.91 Å². The van der Waals surface area contributed by atoms with Gasteiger partial charge in [-0.1, -0.05) is 24.3 Å². The van der Waals surface area contributed by atoms with E-state index in [1.165, 1.54) is 34.1 Å². The fraction of sp³-hybridized carbons (Fsp3) is 0.143. The van der Waals surface area contributed by atoms with Crippen LogP contribution in [-0.4, -0.2) is 17.6 Å². The van der Waals surface area contributed by atoms with Crippen molar-refractivity contribution in [2.45, 2.75) is 12.3 Å². The minimum atomic E-state index is -0.423. The molecule has 4 nitrogen and oxygen atoms in total. The van der Waals surface area contributed by atoms with Crippen LogP contribution in [0.2, 0.25) is 0 Å². The molecular formula is C21H17FN2O2S2. The highest BCUT2D eigenvalue weighted by atomic mass is 32.2. The smallest absolute Gasteiger partial charge is 0.265 e. The molecule has 28 heavy (non-hydrogen) atoms. The van der Waals surface area contributed by atoms with Gasteiger partial charge < -0.3 is 5.32 Å². The summed E-state index contributed by atoms with van der Waals surface area (Å²) in [5.74, 6) is -0.450. The van der Waals surface area contributed by atoms with Crippen molar-refractivity contribution in [3.05, 3.63) is 81.8 Å². The number of aryl methyl sites for hydroxylation is 1. The highest BCUT2D eigenvalue weighted by molar-refractivity contribution is 8.00. The predicted molar refractivity (Wildman–Crippen MR) is 113 cm³/mol. The van der Waals surface area contributed by atoms with Crippen molar-refractivity contribution in [2.75, 3.05) is 16.0 Å². The second-order valence-electron chi connectivity index (χ2n) is 6.44. The number of hydrogen-bond donors (Lipinski definition) is 1. The zero-order valence-corrected chi connectivity index (χ0v) is 16.6. The van der Waals surface area contributed by atoms with Crippen LogP contribution in [-0.2, 0) is 4.79 Å². The van der Waals surface area contributed by atoms with E-state index < -0.39 is 5.82 Å². The van der Waals surface area contributed by atoms with E-state index >= 15 is 0 Å². The number of carbonyl (C=O) groups excluding carboxylic acids is 2. The summed E-state index contributed by atoms with van der Waals surface area (Å²) in [5.41, 5.74) is 2.64. The quantitative estimate of drug-likeness (QED) is 0.639. The van der Waals surface area contributed by atoms with Crippen LogP contribution >= 0.6 is 23.1 Å². The van der Waals surface area contributed by atoms with Crippen LogP contribution in [0.4, 0.5) is 15.8 Å². The maximum absolute atomic E-state index is 14.4. The Kier molecular flexibility index (Phi) is 5.19. The van der Waals surface area contributed by atoms with E-state index in [0.29, 0.717) is 10.6 Å². The number of nitrogens with zero attached hydrogens (tertiary/aromatic N) is 1. The summed E-state index contributed by atoms with van der Waals surface area (Å²) < 4.78 is 14.4. The molecule has 1 aliphatic heterocycles. The second-order valence-corrected chi connectivity index (χ2v) is 8.46. The number of thioether (sulfide) groups is 1. The molecule has 2 heterocycles. The van der Waals surface area contributed by atoms with Gasteiger partial charge in [0.1, 0.15) is 11.2 Å². The van der Waals surface area contributed by atoms with Gasteiger partial charge in [0.25, 0.3) is 5.91 Å². The number of anilines is 2. The number of nitrogens with one attached hydrogen (secondary N) is 1. The van der Waals surface area contributed by atoms with E-state index in [4.69, 9.17) is 0 Å². The van der Waals surface area contributed by atoms with E-state index in [-0.39, 0.29) is 28.6 Å². The number of rotatable bonds is 4. The van der Waals surface area contributed by atoms with Crippen molar-refractivity contribution < 1.29 is 14.0 Å². The molecule has 1 fully saturated rings. The van der Waals surface area contributed by atoms with Crippen LogP contribution in [0.1, 0.15) is 26.2 Å². The lowest BCUT2D eigenvalue weighted by atomic mass is 10.1. The predicted octanol–water partition coefficient (Wildman–Crippen LogP) is 5.23. The summed E-state index contributed by atoms with van der Waals surface area (Å²) in [6.07, 6.45) is 0. The van der Waals surface area contributed by atoms with E-state index in [1.807, 2.05) is 36.6 Å². The van der Waals surface area contributed by atoms with Crippen LogP contribution in [0.3, 0.4) is 0 Å². The topological polar surface area (TPSA) is 49.4 Å². The maximum atomic E-state index is 14.4. The summed E-state index contributed by atoms with van der Waals surface area (Å²) in [6.45, 7) is 1.87. The fourth-order valence-corrected chi connectivity index (χ4v) is 4.89. The number of benzene rings is 2. The number of amides is 2. The summed E-state index contributed by atoms with van der Waals surface area (Å²) in [6, 6.07) is 15.7. The van der Waals surface area contributed by atoms with Crippen molar-refractivity contribution in [1.29, 1.82) is 0 Å². The molecule has 2 amide bonds. The molecule has 1 aromatic heterocycles. The van der Waals surface area contributed by atoms with Gasteiger partial charge in [-0.15, -0.1) is 23.1 Å². The third-order valence-corrected chi connectivity index (χ3v) is 6.48. The van der Waals surface area contributed by atoms with Gasteiger partial charge in [-0.2, -0.15) is 0 Å². The Morgan fingerprint density at radius 1 is 1.18 bits per heavy atom. The Morgan fingerprint density at radius 3 is 2.82 bits per heavy atom. The van der Waals surface area contributed by atoms with Crippen LogP contribution in [0, 0.1) is 12.7 Å². The van der Waals surface area contributed by atoms with Crippen molar-refractivity contribution >= 4 is 46.3 Å². The van der Waals surface area contributed by atoms with Crippen LogP contribution < -0.4 is 10.2 Å². The average Bonchev–Trinajstić information content (AvgIpc) is 3.34. The molecule has 3 aromatic rings. The fourth-order valence-electron chi connectivity index (χ4n) is 3.11. The first kappa shape index (κ1) is 18.7. The first-order valence-electron chi connectivity index (χ1n) is 8.67. The van der Waals surface area contributed by atoms with Gasteiger partial charge in [-0.05, 0) is 53.8 Å². The van der Waals surface area contributed by atoms with Crippen LogP contribution in [0.15, 0.2) is 60.0 Å². The highest BCUT2D eigenvalue weighted by Gasteiger charge is 2.35. The molecule has 1 saturated heterocycles. The molecule has 0 bridgehead atoms. The van der Waals surface area contributed by atoms with Gasteiger partial charge in [0.05, 0.1) is 16.3 Å². The first-order chi connectivity index (χ1) is 13.5. The Hall–Kier alpha value is -2.64. The molecule has 1 atom stereocenters. The van der Waals surface area contributed by atoms with E-state index in [0.717, 1.165) is 11.1 Å². The van der Waals surface area contributed by atoms with Crippen LogP contribution in [0.5, 0.6) is 0 Å². The summed E-state index contributed by atoms with van der Waals surface area (Å²) in [4.78, 5) is 26.9. The Balaban J connectivity index is 1.63. The molecule has 0 unspecified atom stereocenters. The average molecular weight is 413 g/mol. The molecule has 142 valence electrons. The molecule has 4 rings (SSSR count). The molecule has 0 radical (unpaired) electrons. The number of halogens is 1. The zero-order valence-electron chi connectivity index (χ0n) is 15.0. The standard InChI is InChI=1S/C21H17FN2O2S2/c1-13-7-8-16(22)17(10-13)24-19(25)12-28-21(24)14-4-2-5-15(11-14)23-20(26)18-6-3-9-27-18/h2-11,21H,12H2,1H3,(H,23,26)/t21-/m0/s1. The monoisotopic (exact) mass is 412 g/mol. The Labute approximate surface area is 170 Å². The summed E-state index contributed by atoms with van der Waals surface area (Å²) >= 11 is 2.82. The molecule has 1 aliphatic rings. The molecule has 2 aromatic carbocycles. The minimum absolute atomic E-state index is 0.132. The first-order valence-corrected chi connectivity index (χ1v) is 10.6. The lowest BCUT2D eigenvalue weighted by Crippen LogP contribution is -2.28. The lowest BCUT2D eigenvalue weighted by molar-refractivity contribution is -0.115. The zero-order chi connectivity index (χ0) is 19.7. The Bertz CT molecular complexity index is 1040. The molecule has 7 heteroatoms. The van der Waals surface area contributed by atoms with Crippen molar-refractivity contribution in [1.82, 2.24) is 0 Å². The van der Waals surface area contributed by atoms with Gasteiger partial charge >= 0.3 is 0 Å². The van der Waals surface area contributed by atoms with Crippen molar-refractivity contribution in [3.8, 4) is 0 Å². The molecular weight excluding hydrogens is 395 g/mol. The van der Waals surface area contributed by atoms with Crippen molar-refractivity contribution in [2.24, 2.45) is 0 Å². The number of thiophene rings is 1. The summed E-state index contributed by atoms with van der Waals surface area (Å²) in [7, 11) is 0. The third-order valence-electron chi connectivity index (χ3n) is 4.40. The van der Waals surface area contributed by atoms with Crippen molar-refractivity contribution in [3.63, 3.8) is 0 Å². The largest absolute Gasteiger partial charge is 0.321 e. The molecule has 1 N–H and O–H groups in total. The van der Waals surface area contributed by atoms with E-state index in [1.54, 1.807) is 24.3 Å². The lowest BCUT2D eigenvalue weighted by Gasteiger charge is -2.25. The minimum Gasteiger partial charge on any atom is -0.321 e. The SMILES string of the molecule is Cc1ccc(F)c(N2C(=O)CS[C@H]2c2cccc(NC(=O)c3cccs3)c2)c1. The van der Waals surface area contributed by atoms with Gasteiger partial charge in [0.15, 0.2) is 0 Å². The highest BCUT2D eigenvalue weighted by Crippen LogP contribution is 2.43. The van der Waals surface area contributed by atoms with E-state index in [9.17, 15) is 14.0 Å². The number of carbonyl (C=O) groups is 2. The summed E-state index contributed by atoms with van der Waals surface area (Å²) in [5, 5.41) is 4.38. The maximum Gasteiger partial charge on any atom is 0.265 e.